The summed E-state index contributed by atoms with van der Waals surface area (Å²) in [7, 11) is 3.99. The van der Waals surface area contributed by atoms with E-state index in [1.807, 2.05) is 38.9 Å². The second-order valence-corrected chi connectivity index (χ2v) is 4.05. The zero-order valence-corrected chi connectivity index (χ0v) is 9.88. The van der Waals surface area contributed by atoms with Crippen LogP contribution in [0.5, 0.6) is 0 Å². The Kier molecular flexibility index (Phi) is 5.34. The van der Waals surface area contributed by atoms with Crippen LogP contribution in [0.1, 0.15) is 18.7 Å². The number of thiophene rings is 1. The highest BCUT2D eigenvalue weighted by molar-refractivity contribution is 7.16. The summed E-state index contributed by atoms with van der Waals surface area (Å²) in [6.07, 6.45) is 0. The number of nitrogens with zero attached hydrogens (tertiary/aromatic N) is 1. The van der Waals surface area contributed by atoms with Crippen LogP contribution in [0.15, 0.2) is 6.07 Å². The van der Waals surface area contributed by atoms with Crippen LogP contribution in [0, 0.1) is 6.92 Å². The van der Waals surface area contributed by atoms with Gasteiger partial charge in [-0.2, -0.15) is 0 Å². The van der Waals surface area contributed by atoms with Crippen LogP contribution < -0.4 is 4.90 Å². The van der Waals surface area contributed by atoms with Gasteiger partial charge in [0.25, 0.3) is 0 Å². The predicted molar refractivity (Wildman–Crippen MR) is 59.7 cm³/mol. The maximum absolute atomic E-state index is 5.91. The first-order valence-corrected chi connectivity index (χ1v) is 5.24. The van der Waals surface area contributed by atoms with Crippen molar-refractivity contribution >= 4 is 27.9 Å². The lowest BCUT2D eigenvalue weighted by atomic mass is 10.5. The van der Waals surface area contributed by atoms with E-state index in [9.17, 15) is 0 Å². The Balaban J connectivity index is 0.000000561. The van der Waals surface area contributed by atoms with Crippen molar-refractivity contribution in [3.05, 3.63) is 16.0 Å². The largest absolute Gasteiger partial charge is 0.368 e. The first-order chi connectivity index (χ1) is 5.61. The fourth-order valence-electron chi connectivity index (χ4n) is 0.776. The summed E-state index contributed by atoms with van der Waals surface area (Å²) in [4.78, 5) is 3.29. The van der Waals surface area contributed by atoms with Gasteiger partial charge in [0.1, 0.15) is 5.00 Å². The van der Waals surface area contributed by atoms with Crippen LogP contribution in [-0.2, 0) is 0 Å². The fraction of sp³-hybridized carbons (Fsp3) is 0.556. The summed E-state index contributed by atoms with van der Waals surface area (Å²) in [5.41, 5.74) is 0. The normalized spacial score (nSPS) is 8.83. The monoisotopic (exact) mass is 205 g/mol. The predicted octanol–water partition coefficient (Wildman–Crippen LogP) is 3.80. The Labute approximate surface area is 84.0 Å². The maximum atomic E-state index is 5.91. The Morgan fingerprint density at radius 2 is 1.83 bits per heavy atom. The molecule has 0 atom stereocenters. The minimum atomic E-state index is 0.854. The first-order valence-electron chi connectivity index (χ1n) is 4.04. The number of hydrogen-bond acceptors (Lipinski definition) is 2. The fourth-order valence-corrected chi connectivity index (χ4v) is 2.11. The van der Waals surface area contributed by atoms with E-state index in [1.165, 1.54) is 4.88 Å². The van der Waals surface area contributed by atoms with Crippen molar-refractivity contribution in [1.82, 2.24) is 0 Å². The molecular weight excluding hydrogens is 190 g/mol. The van der Waals surface area contributed by atoms with Gasteiger partial charge in [-0.25, -0.2) is 0 Å². The number of rotatable bonds is 1. The number of hydrogen-bond donors (Lipinski definition) is 0. The summed E-state index contributed by atoms with van der Waals surface area (Å²) < 4.78 is 0. The van der Waals surface area contributed by atoms with Gasteiger partial charge in [-0.3, -0.25) is 0 Å². The smallest absolute Gasteiger partial charge is 0.110 e. The molecule has 0 bridgehead atoms. The summed E-state index contributed by atoms with van der Waals surface area (Å²) in [6.45, 7) is 6.06. The van der Waals surface area contributed by atoms with Gasteiger partial charge in [0.2, 0.25) is 0 Å². The lowest BCUT2D eigenvalue weighted by Crippen LogP contribution is -2.06. The molecule has 0 unspecified atom stereocenters. The van der Waals surface area contributed by atoms with Crippen molar-refractivity contribution in [1.29, 1.82) is 0 Å². The molecule has 0 aliphatic rings. The summed E-state index contributed by atoms with van der Waals surface area (Å²) in [6, 6.07) is 1.99. The van der Waals surface area contributed by atoms with Crippen LogP contribution in [-0.4, -0.2) is 14.1 Å². The van der Waals surface area contributed by atoms with Gasteiger partial charge in [0.15, 0.2) is 0 Å². The Morgan fingerprint density at radius 3 is 2.00 bits per heavy atom. The van der Waals surface area contributed by atoms with E-state index in [1.54, 1.807) is 11.3 Å². The van der Waals surface area contributed by atoms with Gasteiger partial charge in [0.05, 0.1) is 5.02 Å². The van der Waals surface area contributed by atoms with E-state index in [2.05, 4.69) is 6.92 Å². The van der Waals surface area contributed by atoms with Crippen LogP contribution in [0.4, 0.5) is 5.00 Å². The highest BCUT2D eigenvalue weighted by atomic mass is 35.5. The van der Waals surface area contributed by atoms with Crippen molar-refractivity contribution < 1.29 is 0 Å². The summed E-state index contributed by atoms with van der Waals surface area (Å²) in [5.74, 6) is 0. The van der Waals surface area contributed by atoms with Gasteiger partial charge < -0.3 is 4.90 Å². The molecule has 1 heterocycles. The summed E-state index contributed by atoms with van der Waals surface area (Å²) in [5, 5.41) is 1.99. The zero-order chi connectivity index (χ0) is 9.72. The third-order valence-electron chi connectivity index (χ3n) is 1.20. The molecule has 1 aromatic rings. The highest BCUT2D eigenvalue weighted by Crippen LogP contribution is 2.33. The molecule has 0 aromatic carbocycles. The van der Waals surface area contributed by atoms with E-state index < -0.39 is 0 Å². The Morgan fingerprint density at radius 1 is 1.33 bits per heavy atom. The molecule has 0 spiro atoms. The second kappa shape index (κ2) is 5.44. The van der Waals surface area contributed by atoms with Gasteiger partial charge in [-0.15, -0.1) is 11.3 Å². The number of anilines is 1. The second-order valence-electron chi connectivity index (χ2n) is 2.40. The molecule has 0 radical (unpaired) electrons. The third kappa shape index (κ3) is 3.03. The van der Waals surface area contributed by atoms with E-state index in [-0.39, 0.29) is 0 Å². The lowest BCUT2D eigenvalue weighted by Gasteiger charge is -2.08. The van der Waals surface area contributed by atoms with E-state index in [0.717, 1.165) is 10.0 Å². The van der Waals surface area contributed by atoms with Crippen molar-refractivity contribution in [2.24, 2.45) is 0 Å². The molecule has 1 nitrogen and oxygen atoms in total. The zero-order valence-electron chi connectivity index (χ0n) is 8.31. The molecule has 1 aromatic heterocycles. The van der Waals surface area contributed by atoms with E-state index in [0.29, 0.717) is 0 Å². The molecule has 1 rings (SSSR count). The van der Waals surface area contributed by atoms with Crippen LogP contribution in [0.2, 0.25) is 5.02 Å². The van der Waals surface area contributed by atoms with Gasteiger partial charge >= 0.3 is 0 Å². The van der Waals surface area contributed by atoms with Gasteiger partial charge in [-0.05, 0) is 13.0 Å². The molecule has 0 saturated carbocycles. The lowest BCUT2D eigenvalue weighted by molar-refractivity contribution is 1.16. The molecule has 0 aliphatic heterocycles. The van der Waals surface area contributed by atoms with Gasteiger partial charge in [0, 0.05) is 19.0 Å². The van der Waals surface area contributed by atoms with E-state index in [4.69, 9.17) is 11.6 Å². The molecule has 0 aliphatic carbocycles. The topological polar surface area (TPSA) is 3.24 Å². The van der Waals surface area contributed by atoms with E-state index >= 15 is 0 Å². The highest BCUT2D eigenvalue weighted by Gasteiger charge is 2.04. The van der Waals surface area contributed by atoms with Crippen LogP contribution in [0.25, 0.3) is 0 Å². The molecule has 12 heavy (non-hydrogen) atoms. The molecule has 3 heteroatoms. The molecular formula is C9H16ClNS. The summed E-state index contributed by atoms with van der Waals surface area (Å²) >= 11 is 7.63. The minimum absolute atomic E-state index is 0.854. The molecule has 0 fully saturated rings. The van der Waals surface area contributed by atoms with Crippen molar-refractivity contribution in [3.8, 4) is 0 Å². The average Bonchev–Trinajstić information content (AvgIpc) is 2.34. The molecule has 70 valence electrons. The quantitative estimate of drug-likeness (QED) is 0.674. The Bertz CT molecular complexity index is 230. The molecule has 0 amide bonds. The first kappa shape index (κ1) is 11.8. The van der Waals surface area contributed by atoms with Crippen LogP contribution in [0.3, 0.4) is 0 Å². The third-order valence-corrected chi connectivity index (χ3v) is 2.82. The van der Waals surface area contributed by atoms with Crippen molar-refractivity contribution in [2.75, 3.05) is 19.0 Å². The molecule has 0 saturated heterocycles. The van der Waals surface area contributed by atoms with Crippen LogP contribution >= 0.6 is 22.9 Å². The SMILES string of the molecule is CC.Cc1cc(Cl)c(N(C)C)s1. The van der Waals surface area contributed by atoms with Crippen molar-refractivity contribution in [3.63, 3.8) is 0 Å². The minimum Gasteiger partial charge on any atom is -0.368 e. The maximum Gasteiger partial charge on any atom is 0.110 e. The van der Waals surface area contributed by atoms with Crippen molar-refractivity contribution in [2.45, 2.75) is 20.8 Å². The average molecular weight is 206 g/mol. The number of halogens is 1. The Hall–Kier alpha value is -0.210. The number of aryl methyl sites for hydroxylation is 1. The molecule has 0 N–H and O–H groups in total. The van der Waals surface area contributed by atoms with Gasteiger partial charge in [-0.1, -0.05) is 25.4 Å². The standard InChI is InChI=1S/C7H10ClNS.C2H6/c1-5-4-6(8)7(10-5)9(2)3;1-2/h4H,1-3H3;1-2H3.